The van der Waals surface area contributed by atoms with E-state index in [1.165, 1.54) is 77.0 Å². The maximum Gasteiger partial charge on any atom is 0.0443 e. The second-order valence-electron chi connectivity index (χ2n) is 5.72. The maximum absolute atomic E-state index is 8.63. The summed E-state index contributed by atoms with van der Waals surface area (Å²) in [5.41, 5.74) is 0. The Morgan fingerprint density at radius 1 is 0.579 bits per heavy atom. The number of rotatable bonds is 16. The lowest BCUT2D eigenvalue weighted by Gasteiger charge is -2.04. The first-order chi connectivity index (χ1) is 9.41. The molecule has 2 nitrogen and oxygen atoms in total. The number of unbranched alkanes of at least 4 members (excludes halogenated alkanes) is 11. The average molecular weight is 271 g/mol. The predicted molar refractivity (Wildman–Crippen MR) is 85.7 cm³/mol. The zero-order valence-corrected chi connectivity index (χ0v) is 13.3. The Bertz CT molecular complexity index is 134. The van der Waals surface area contributed by atoms with E-state index in [0.29, 0.717) is 6.61 Å². The molecular formula is C17H37NO. The molecule has 0 aromatic heterocycles. The standard InChI is InChI=1S/C17H37NO/c1-2-3-4-5-6-7-8-9-10-11-12-13-15-18-16-14-17-19/h18-19H,2-17H2,1H3. The minimum atomic E-state index is 0.311. The molecule has 0 amide bonds. The Morgan fingerprint density at radius 3 is 1.47 bits per heavy atom. The third kappa shape index (κ3) is 17.9. The van der Waals surface area contributed by atoms with Crippen LogP contribution in [-0.4, -0.2) is 24.8 Å². The molecule has 0 atom stereocenters. The van der Waals surface area contributed by atoms with Gasteiger partial charge in [-0.25, -0.2) is 0 Å². The molecule has 0 rings (SSSR count). The van der Waals surface area contributed by atoms with Crippen molar-refractivity contribution < 1.29 is 5.11 Å². The van der Waals surface area contributed by atoms with Crippen molar-refractivity contribution in [2.75, 3.05) is 19.7 Å². The molecule has 116 valence electrons. The summed E-state index contributed by atoms with van der Waals surface area (Å²) in [6.07, 6.45) is 17.8. The lowest BCUT2D eigenvalue weighted by atomic mass is 10.1. The van der Waals surface area contributed by atoms with Gasteiger partial charge in [0.15, 0.2) is 0 Å². The minimum Gasteiger partial charge on any atom is -0.396 e. The molecule has 0 radical (unpaired) electrons. The summed E-state index contributed by atoms with van der Waals surface area (Å²) < 4.78 is 0. The van der Waals surface area contributed by atoms with Gasteiger partial charge >= 0.3 is 0 Å². The summed E-state index contributed by atoms with van der Waals surface area (Å²) in [6, 6.07) is 0. The van der Waals surface area contributed by atoms with Gasteiger partial charge in [-0.2, -0.15) is 0 Å². The molecular weight excluding hydrogens is 234 g/mol. The summed E-state index contributed by atoms with van der Waals surface area (Å²) in [4.78, 5) is 0. The van der Waals surface area contributed by atoms with Gasteiger partial charge in [0.1, 0.15) is 0 Å². The first-order valence-corrected chi connectivity index (χ1v) is 8.73. The van der Waals surface area contributed by atoms with Crippen molar-refractivity contribution in [1.29, 1.82) is 0 Å². The van der Waals surface area contributed by atoms with Crippen LogP contribution in [0, 0.1) is 0 Å². The maximum atomic E-state index is 8.63. The topological polar surface area (TPSA) is 32.3 Å². The molecule has 0 bridgehead atoms. The SMILES string of the molecule is CCCCCCCCCCCCCCNCCCO. The monoisotopic (exact) mass is 271 g/mol. The van der Waals surface area contributed by atoms with E-state index < -0.39 is 0 Å². The first-order valence-electron chi connectivity index (χ1n) is 8.73. The molecule has 0 aliphatic rings. The fourth-order valence-electron chi connectivity index (χ4n) is 2.42. The predicted octanol–water partition coefficient (Wildman–Crippen LogP) is 4.66. The number of hydrogen-bond acceptors (Lipinski definition) is 2. The highest BCUT2D eigenvalue weighted by Crippen LogP contribution is 2.11. The highest BCUT2D eigenvalue weighted by Gasteiger charge is 1.93. The van der Waals surface area contributed by atoms with Crippen molar-refractivity contribution >= 4 is 0 Å². The Morgan fingerprint density at radius 2 is 1.00 bits per heavy atom. The summed E-state index contributed by atoms with van der Waals surface area (Å²) in [7, 11) is 0. The fourth-order valence-corrected chi connectivity index (χ4v) is 2.42. The van der Waals surface area contributed by atoms with Gasteiger partial charge in [0.2, 0.25) is 0 Å². The van der Waals surface area contributed by atoms with Crippen LogP contribution < -0.4 is 5.32 Å². The van der Waals surface area contributed by atoms with E-state index in [0.717, 1.165) is 19.5 Å². The van der Waals surface area contributed by atoms with Gasteiger partial charge in [-0.1, -0.05) is 77.6 Å². The van der Waals surface area contributed by atoms with Crippen molar-refractivity contribution in [3.05, 3.63) is 0 Å². The molecule has 0 spiro atoms. The Balaban J connectivity index is 2.88. The van der Waals surface area contributed by atoms with Gasteiger partial charge < -0.3 is 10.4 Å². The minimum absolute atomic E-state index is 0.311. The van der Waals surface area contributed by atoms with Crippen molar-refractivity contribution in [3.8, 4) is 0 Å². The first kappa shape index (κ1) is 18.9. The molecule has 0 aromatic rings. The van der Waals surface area contributed by atoms with Crippen LogP contribution >= 0.6 is 0 Å². The Hall–Kier alpha value is -0.0800. The van der Waals surface area contributed by atoms with Crippen LogP contribution in [0.3, 0.4) is 0 Å². The number of aliphatic hydroxyl groups is 1. The summed E-state index contributed by atoms with van der Waals surface area (Å²) in [5.74, 6) is 0. The zero-order valence-electron chi connectivity index (χ0n) is 13.3. The number of aliphatic hydroxyl groups excluding tert-OH is 1. The molecule has 0 unspecified atom stereocenters. The van der Waals surface area contributed by atoms with Gasteiger partial charge in [-0.05, 0) is 25.9 Å². The number of nitrogens with one attached hydrogen (secondary N) is 1. The molecule has 0 aliphatic heterocycles. The van der Waals surface area contributed by atoms with E-state index >= 15 is 0 Å². The average Bonchev–Trinajstić information content (AvgIpc) is 2.43. The highest BCUT2D eigenvalue weighted by molar-refractivity contribution is 4.51. The van der Waals surface area contributed by atoms with E-state index in [1.54, 1.807) is 0 Å². The van der Waals surface area contributed by atoms with E-state index in [9.17, 15) is 0 Å². The van der Waals surface area contributed by atoms with Crippen LogP contribution in [-0.2, 0) is 0 Å². The molecule has 0 saturated heterocycles. The van der Waals surface area contributed by atoms with Crippen LogP contribution in [0.2, 0.25) is 0 Å². The second kappa shape index (κ2) is 17.9. The summed E-state index contributed by atoms with van der Waals surface area (Å²) in [5, 5.41) is 12.0. The van der Waals surface area contributed by atoms with Crippen LogP contribution in [0.15, 0.2) is 0 Å². The zero-order chi connectivity index (χ0) is 14.0. The molecule has 0 aromatic carbocycles. The second-order valence-corrected chi connectivity index (χ2v) is 5.72. The van der Waals surface area contributed by atoms with Crippen LogP contribution in [0.25, 0.3) is 0 Å². The van der Waals surface area contributed by atoms with Crippen LogP contribution in [0.4, 0.5) is 0 Å². The van der Waals surface area contributed by atoms with Crippen molar-refractivity contribution in [3.63, 3.8) is 0 Å². The summed E-state index contributed by atoms with van der Waals surface area (Å²) in [6.45, 7) is 4.68. The van der Waals surface area contributed by atoms with Gasteiger partial charge in [-0.3, -0.25) is 0 Å². The normalized spacial score (nSPS) is 11.1. The third-order valence-corrected chi connectivity index (χ3v) is 3.72. The van der Waals surface area contributed by atoms with Crippen LogP contribution in [0.1, 0.15) is 90.4 Å². The van der Waals surface area contributed by atoms with Crippen molar-refractivity contribution in [2.45, 2.75) is 90.4 Å². The molecule has 2 N–H and O–H groups in total. The van der Waals surface area contributed by atoms with Gasteiger partial charge in [0.05, 0.1) is 0 Å². The van der Waals surface area contributed by atoms with Crippen molar-refractivity contribution in [1.82, 2.24) is 5.32 Å². The number of hydrogen-bond donors (Lipinski definition) is 2. The van der Waals surface area contributed by atoms with E-state index in [-0.39, 0.29) is 0 Å². The molecule has 2 heteroatoms. The van der Waals surface area contributed by atoms with Crippen molar-refractivity contribution in [2.24, 2.45) is 0 Å². The lowest BCUT2D eigenvalue weighted by molar-refractivity contribution is 0.286. The highest BCUT2D eigenvalue weighted by atomic mass is 16.3. The van der Waals surface area contributed by atoms with E-state index in [1.807, 2.05) is 0 Å². The molecule has 0 aliphatic carbocycles. The Kier molecular flexibility index (Phi) is 17.8. The fraction of sp³-hybridized carbons (Fsp3) is 1.00. The van der Waals surface area contributed by atoms with Gasteiger partial charge in [-0.15, -0.1) is 0 Å². The quantitative estimate of drug-likeness (QED) is 0.400. The Labute approximate surface area is 121 Å². The van der Waals surface area contributed by atoms with Gasteiger partial charge in [0, 0.05) is 6.61 Å². The van der Waals surface area contributed by atoms with Crippen LogP contribution in [0.5, 0.6) is 0 Å². The van der Waals surface area contributed by atoms with E-state index in [2.05, 4.69) is 12.2 Å². The smallest absolute Gasteiger partial charge is 0.0443 e. The lowest BCUT2D eigenvalue weighted by Crippen LogP contribution is -2.17. The summed E-state index contributed by atoms with van der Waals surface area (Å²) >= 11 is 0. The van der Waals surface area contributed by atoms with E-state index in [4.69, 9.17) is 5.11 Å². The molecule has 0 fully saturated rings. The molecule has 0 heterocycles. The van der Waals surface area contributed by atoms with Gasteiger partial charge in [0.25, 0.3) is 0 Å². The molecule has 0 saturated carbocycles. The third-order valence-electron chi connectivity index (χ3n) is 3.72. The molecule has 19 heavy (non-hydrogen) atoms. The largest absolute Gasteiger partial charge is 0.396 e.